The molecule has 0 amide bonds. The maximum atomic E-state index is 11.4. The molecule has 32 heavy (non-hydrogen) atoms. The van der Waals surface area contributed by atoms with Crippen LogP contribution in [-0.4, -0.2) is 23.3 Å². The number of aliphatic hydroxyl groups excluding tert-OH is 1. The van der Waals surface area contributed by atoms with E-state index in [1.54, 1.807) is 5.57 Å². The molecule has 0 bridgehead atoms. The van der Waals surface area contributed by atoms with Gasteiger partial charge in [-0.1, -0.05) is 64.2 Å². The highest BCUT2D eigenvalue weighted by Crippen LogP contribution is 2.59. The summed E-state index contributed by atoms with van der Waals surface area (Å²) in [5.41, 5.74) is 3.73. The summed E-state index contributed by atoms with van der Waals surface area (Å²) in [6.45, 7) is 15.1. The number of ether oxygens (including phenoxy) is 1. The van der Waals surface area contributed by atoms with Crippen molar-refractivity contribution in [3.63, 3.8) is 0 Å². The van der Waals surface area contributed by atoms with E-state index in [9.17, 15) is 9.90 Å². The average molecular weight is 441 g/mol. The van der Waals surface area contributed by atoms with E-state index in [4.69, 9.17) is 4.74 Å². The summed E-state index contributed by atoms with van der Waals surface area (Å²) >= 11 is 0. The molecular formula is C29H44O3. The van der Waals surface area contributed by atoms with Gasteiger partial charge in [0.15, 0.2) is 0 Å². The lowest BCUT2D eigenvalue weighted by molar-refractivity contribution is -0.147. The van der Waals surface area contributed by atoms with Crippen molar-refractivity contribution in [2.45, 2.75) is 98.2 Å². The quantitative estimate of drug-likeness (QED) is 0.359. The Morgan fingerprint density at radius 2 is 2.03 bits per heavy atom. The van der Waals surface area contributed by atoms with Crippen LogP contribution in [0.3, 0.4) is 0 Å². The normalized spacial score (nSPS) is 36.8. The van der Waals surface area contributed by atoms with Crippen LogP contribution in [-0.2, 0) is 9.53 Å². The maximum absolute atomic E-state index is 11.4. The molecule has 0 unspecified atom stereocenters. The van der Waals surface area contributed by atoms with Crippen molar-refractivity contribution in [3.8, 4) is 0 Å². The lowest BCUT2D eigenvalue weighted by Crippen LogP contribution is -2.35. The Hall–Kier alpha value is -1.61. The first kappa shape index (κ1) is 25.0. The molecular weight excluding hydrogens is 396 g/mol. The standard InChI is InChI=1S/C29H44O3/c1-19(2)9-7-10-20(3)26-14-15-27-23(11-8-16-29(26,27)6)12-13-24-17-25(32-22(5)30)18-28(31)21(24)4/h7,10,12-13,19-20,25-28,31H,4,8-9,11,14-18H2,1-3,5-6H3/b10-7+,23-12+,24-13-/t20-,25+,26-,27+,28-,29-/m1/s1. The number of hydrogen-bond donors (Lipinski definition) is 1. The van der Waals surface area contributed by atoms with Crippen molar-refractivity contribution in [2.75, 3.05) is 0 Å². The minimum absolute atomic E-state index is 0.261. The molecule has 3 aliphatic carbocycles. The van der Waals surface area contributed by atoms with Gasteiger partial charge in [0.2, 0.25) is 0 Å². The third-order valence-electron chi connectivity index (χ3n) is 8.30. The van der Waals surface area contributed by atoms with E-state index < -0.39 is 6.10 Å². The van der Waals surface area contributed by atoms with Crippen LogP contribution in [0.1, 0.15) is 86.0 Å². The van der Waals surface area contributed by atoms with Gasteiger partial charge < -0.3 is 9.84 Å². The summed E-state index contributed by atoms with van der Waals surface area (Å²) in [7, 11) is 0. The van der Waals surface area contributed by atoms with Crippen LogP contribution < -0.4 is 0 Å². The van der Waals surface area contributed by atoms with Crippen LogP contribution in [0.25, 0.3) is 0 Å². The Morgan fingerprint density at radius 3 is 2.72 bits per heavy atom. The third kappa shape index (κ3) is 5.65. The highest BCUT2D eigenvalue weighted by atomic mass is 16.5. The van der Waals surface area contributed by atoms with Crippen molar-refractivity contribution >= 4 is 5.97 Å². The molecule has 0 radical (unpaired) electrons. The van der Waals surface area contributed by atoms with E-state index in [1.165, 1.54) is 39.0 Å². The number of rotatable bonds is 6. The number of carbonyl (C=O) groups is 1. The second-order valence-corrected chi connectivity index (χ2v) is 11.2. The number of hydrogen-bond acceptors (Lipinski definition) is 3. The number of esters is 1. The van der Waals surface area contributed by atoms with E-state index in [2.05, 4.69) is 58.6 Å². The molecule has 3 aliphatic rings. The molecule has 0 spiro atoms. The van der Waals surface area contributed by atoms with Gasteiger partial charge >= 0.3 is 5.97 Å². The van der Waals surface area contributed by atoms with Gasteiger partial charge in [0.1, 0.15) is 6.10 Å². The van der Waals surface area contributed by atoms with Crippen molar-refractivity contribution in [3.05, 3.63) is 47.6 Å². The molecule has 3 nitrogen and oxygen atoms in total. The number of carbonyl (C=O) groups excluding carboxylic acids is 1. The van der Waals surface area contributed by atoms with Gasteiger partial charge in [-0.25, -0.2) is 0 Å². The Balaban J connectivity index is 1.76. The fourth-order valence-electron chi connectivity index (χ4n) is 6.61. The number of fused-ring (bicyclic) bond motifs is 1. The summed E-state index contributed by atoms with van der Waals surface area (Å²) in [5.74, 6) is 2.44. The molecule has 3 fully saturated rings. The Labute approximate surface area is 195 Å². The number of aliphatic hydroxyl groups is 1. The molecule has 0 saturated heterocycles. The van der Waals surface area contributed by atoms with Gasteiger partial charge in [-0.15, -0.1) is 0 Å². The molecule has 1 N–H and O–H groups in total. The minimum atomic E-state index is -0.635. The SMILES string of the molecule is C=C1/C(=C\C=C2/CCC[C@]3(C)[C@@H]([C@H](C)/C=C/CC(C)C)CC[C@@H]23)C[C@H](OC(C)=O)C[C@H]1O. The highest BCUT2D eigenvalue weighted by Gasteiger charge is 2.50. The van der Waals surface area contributed by atoms with E-state index in [0.717, 1.165) is 29.4 Å². The monoisotopic (exact) mass is 440 g/mol. The van der Waals surface area contributed by atoms with Gasteiger partial charge in [-0.3, -0.25) is 4.79 Å². The molecule has 6 atom stereocenters. The smallest absolute Gasteiger partial charge is 0.302 e. The predicted molar refractivity (Wildman–Crippen MR) is 132 cm³/mol. The second kappa shape index (κ2) is 10.5. The fourth-order valence-corrected chi connectivity index (χ4v) is 6.61. The van der Waals surface area contributed by atoms with Crippen LogP contribution in [0, 0.1) is 29.1 Å². The van der Waals surface area contributed by atoms with E-state index in [-0.39, 0.29) is 12.1 Å². The van der Waals surface area contributed by atoms with Gasteiger partial charge in [-0.2, -0.15) is 0 Å². The van der Waals surface area contributed by atoms with Gasteiger partial charge in [-0.05, 0) is 78.8 Å². The van der Waals surface area contributed by atoms with Gasteiger partial charge in [0.25, 0.3) is 0 Å². The Kier molecular flexibility index (Phi) is 8.25. The van der Waals surface area contributed by atoms with Crippen LogP contribution in [0.2, 0.25) is 0 Å². The molecule has 0 aliphatic heterocycles. The Bertz CT molecular complexity index is 786. The molecule has 0 aromatic carbocycles. The summed E-state index contributed by atoms with van der Waals surface area (Å²) in [6.07, 6.45) is 17.0. The molecule has 178 valence electrons. The largest absolute Gasteiger partial charge is 0.462 e. The summed E-state index contributed by atoms with van der Waals surface area (Å²) < 4.78 is 5.40. The number of allylic oxidation sites excluding steroid dienone is 5. The van der Waals surface area contributed by atoms with Crippen molar-refractivity contribution in [1.29, 1.82) is 0 Å². The first-order chi connectivity index (χ1) is 15.1. The van der Waals surface area contributed by atoms with E-state index in [0.29, 0.717) is 30.1 Å². The van der Waals surface area contributed by atoms with Crippen LogP contribution in [0.15, 0.2) is 47.6 Å². The minimum Gasteiger partial charge on any atom is -0.462 e. The van der Waals surface area contributed by atoms with Gasteiger partial charge in [0.05, 0.1) is 6.10 Å². The van der Waals surface area contributed by atoms with Crippen molar-refractivity contribution in [1.82, 2.24) is 0 Å². The molecule has 0 aromatic heterocycles. The van der Waals surface area contributed by atoms with E-state index >= 15 is 0 Å². The van der Waals surface area contributed by atoms with Crippen LogP contribution >= 0.6 is 0 Å². The summed E-state index contributed by atoms with van der Waals surface area (Å²) in [4.78, 5) is 11.4. The van der Waals surface area contributed by atoms with Crippen LogP contribution in [0.4, 0.5) is 0 Å². The van der Waals surface area contributed by atoms with Crippen molar-refractivity contribution < 1.29 is 14.6 Å². The second-order valence-electron chi connectivity index (χ2n) is 11.2. The maximum Gasteiger partial charge on any atom is 0.302 e. The zero-order valence-corrected chi connectivity index (χ0v) is 20.9. The zero-order valence-electron chi connectivity index (χ0n) is 20.9. The first-order valence-corrected chi connectivity index (χ1v) is 12.7. The lowest BCUT2D eigenvalue weighted by atomic mass is 9.61. The van der Waals surface area contributed by atoms with Gasteiger partial charge in [0, 0.05) is 19.8 Å². The zero-order chi connectivity index (χ0) is 23.5. The predicted octanol–water partition coefficient (Wildman–Crippen LogP) is 6.94. The summed E-state index contributed by atoms with van der Waals surface area (Å²) in [5, 5.41) is 10.4. The molecule has 3 heteroatoms. The Morgan fingerprint density at radius 1 is 1.28 bits per heavy atom. The summed E-state index contributed by atoms with van der Waals surface area (Å²) in [6, 6.07) is 0. The fraction of sp³-hybridized carbons (Fsp3) is 0.690. The molecule has 0 heterocycles. The molecule has 0 aromatic rings. The average Bonchev–Trinajstić information content (AvgIpc) is 3.06. The van der Waals surface area contributed by atoms with Crippen LogP contribution in [0.5, 0.6) is 0 Å². The van der Waals surface area contributed by atoms with E-state index in [1.807, 2.05) is 0 Å². The highest BCUT2D eigenvalue weighted by molar-refractivity contribution is 5.66. The molecule has 3 saturated carbocycles. The first-order valence-electron chi connectivity index (χ1n) is 12.7. The molecule has 3 rings (SSSR count). The topological polar surface area (TPSA) is 46.5 Å². The third-order valence-corrected chi connectivity index (χ3v) is 8.30. The lowest BCUT2D eigenvalue weighted by Gasteiger charge is -2.44. The van der Waals surface area contributed by atoms with Crippen molar-refractivity contribution in [2.24, 2.45) is 29.1 Å².